The minimum absolute atomic E-state index is 0.451. The topological polar surface area (TPSA) is 29.1 Å². The number of carbonyl (C=O) groups excluding carboxylic acids is 1. The van der Waals surface area contributed by atoms with Crippen molar-refractivity contribution in [1.29, 1.82) is 0 Å². The second-order valence-corrected chi connectivity index (χ2v) is 3.65. The Kier molecular flexibility index (Phi) is 3.99. The third-order valence-corrected chi connectivity index (χ3v) is 1.96. The van der Waals surface area contributed by atoms with Crippen LogP contribution in [-0.4, -0.2) is 6.29 Å². The summed E-state index contributed by atoms with van der Waals surface area (Å²) < 4.78 is 0.451. The Bertz CT molecular complexity index is 338. The molecule has 68 valence electrons. The number of rotatable bonds is 3. The van der Waals surface area contributed by atoms with E-state index in [-0.39, 0.29) is 0 Å². The van der Waals surface area contributed by atoms with Crippen molar-refractivity contribution < 1.29 is 4.79 Å². The number of hydrogen-bond acceptors (Lipinski definition) is 2. The summed E-state index contributed by atoms with van der Waals surface area (Å²) in [5.74, 6) is 0. The largest absolute Gasteiger partial charge is 0.360 e. The van der Waals surface area contributed by atoms with Crippen molar-refractivity contribution >= 4 is 39.5 Å². The lowest BCUT2D eigenvalue weighted by atomic mass is 10.3. The summed E-state index contributed by atoms with van der Waals surface area (Å²) in [5.41, 5.74) is 0.839. The third kappa shape index (κ3) is 3.61. The zero-order valence-electron chi connectivity index (χ0n) is 6.63. The predicted octanol–water partition coefficient (Wildman–Crippen LogP) is 3.19. The number of hydrogen-bond donors (Lipinski definition) is 1. The number of anilines is 1. The first-order valence-electron chi connectivity index (χ1n) is 3.55. The minimum atomic E-state index is 0.451. The average Bonchev–Trinajstić information content (AvgIpc) is 2.14. The molecule has 1 aromatic carbocycles. The van der Waals surface area contributed by atoms with Crippen LogP contribution in [0.4, 0.5) is 5.69 Å². The SMILES string of the molecule is O=C/C(Br)=C\Nc1cccc(Cl)c1. The highest BCUT2D eigenvalue weighted by atomic mass is 79.9. The van der Waals surface area contributed by atoms with Crippen LogP contribution in [0.25, 0.3) is 0 Å². The van der Waals surface area contributed by atoms with E-state index in [0.717, 1.165) is 5.69 Å². The Morgan fingerprint density at radius 1 is 1.54 bits per heavy atom. The van der Waals surface area contributed by atoms with Crippen LogP contribution >= 0.6 is 27.5 Å². The smallest absolute Gasteiger partial charge is 0.158 e. The second-order valence-electron chi connectivity index (χ2n) is 2.30. The van der Waals surface area contributed by atoms with Crippen molar-refractivity contribution in [2.75, 3.05) is 5.32 Å². The van der Waals surface area contributed by atoms with Crippen molar-refractivity contribution in [3.8, 4) is 0 Å². The van der Waals surface area contributed by atoms with Crippen LogP contribution in [0.2, 0.25) is 5.02 Å². The highest BCUT2D eigenvalue weighted by Crippen LogP contribution is 2.15. The van der Waals surface area contributed by atoms with Gasteiger partial charge >= 0.3 is 0 Å². The molecular formula is C9H7BrClNO. The fourth-order valence-electron chi connectivity index (χ4n) is 0.765. The number of benzene rings is 1. The van der Waals surface area contributed by atoms with E-state index in [4.69, 9.17) is 11.6 Å². The van der Waals surface area contributed by atoms with E-state index in [1.54, 1.807) is 18.3 Å². The molecule has 0 heterocycles. The fourth-order valence-corrected chi connectivity index (χ4v) is 1.07. The lowest BCUT2D eigenvalue weighted by Gasteiger charge is -2.00. The molecule has 0 bridgehead atoms. The van der Waals surface area contributed by atoms with Gasteiger partial charge in [0.2, 0.25) is 0 Å². The molecule has 4 heteroatoms. The van der Waals surface area contributed by atoms with Crippen LogP contribution in [0.5, 0.6) is 0 Å². The third-order valence-electron chi connectivity index (χ3n) is 1.31. The van der Waals surface area contributed by atoms with Crippen LogP contribution < -0.4 is 5.32 Å². The number of allylic oxidation sites excluding steroid dienone is 1. The van der Waals surface area contributed by atoms with E-state index >= 15 is 0 Å². The molecule has 0 saturated carbocycles. The van der Waals surface area contributed by atoms with Gasteiger partial charge in [0.1, 0.15) is 0 Å². The Morgan fingerprint density at radius 2 is 2.31 bits per heavy atom. The van der Waals surface area contributed by atoms with E-state index in [0.29, 0.717) is 15.8 Å². The molecule has 1 aromatic rings. The molecule has 0 aliphatic carbocycles. The first-order chi connectivity index (χ1) is 6.22. The monoisotopic (exact) mass is 259 g/mol. The molecule has 1 N–H and O–H groups in total. The van der Waals surface area contributed by atoms with Gasteiger partial charge in [-0.15, -0.1) is 0 Å². The van der Waals surface area contributed by atoms with Crippen molar-refractivity contribution in [2.45, 2.75) is 0 Å². The van der Waals surface area contributed by atoms with Gasteiger partial charge in [0.25, 0.3) is 0 Å². The van der Waals surface area contributed by atoms with Gasteiger partial charge in [0, 0.05) is 16.9 Å². The maximum Gasteiger partial charge on any atom is 0.158 e. The van der Waals surface area contributed by atoms with Crippen molar-refractivity contribution in [3.05, 3.63) is 40.0 Å². The molecule has 0 saturated heterocycles. The van der Waals surface area contributed by atoms with Crippen LogP contribution in [0, 0.1) is 0 Å². The van der Waals surface area contributed by atoms with E-state index in [2.05, 4.69) is 21.2 Å². The van der Waals surface area contributed by atoms with Gasteiger partial charge in [-0.1, -0.05) is 17.7 Å². The summed E-state index contributed by atoms with van der Waals surface area (Å²) in [7, 11) is 0. The summed E-state index contributed by atoms with van der Waals surface area (Å²) in [5, 5.41) is 3.56. The predicted molar refractivity (Wildman–Crippen MR) is 58.1 cm³/mol. The van der Waals surface area contributed by atoms with Gasteiger partial charge in [-0.2, -0.15) is 0 Å². The molecule has 13 heavy (non-hydrogen) atoms. The zero-order chi connectivity index (χ0) is 9.68. The van der Waals surface area contributed by atoms with Gasteiger partial charge < -0.3 is 5.32 Å². The quantitative estimate of drug-likeness (QED) is 0.668. The summed E-state index contributed by atoms with van der Waals surface area (Å²) in [4.78, 5) is 10.2. The molecule has 0 atom stereocenters. The Balaban J connectivity index is 2.70. The van der Waals surface area contributed by atoms with E-state index in [1.807, 2.05) is 12.1 Å². The van der Waals surface area contributed by atoms with Crippen molar-refractivity contribution in [2.24, 2.45) is 0 Å². The first-order valence-corrected chi connectivity index (χ1v) is 4.72. The molecule has 0 radical (unpaired) electrons. The Hall–Kier alpha value is -0.800. The summed E-state index contributed by atoms with van der Waals surface area (Å²) in [6.07, 6.45) is 2.26. The number of carbonyl (C=O) groups is 1. The summed E-state index contributed by atoms with van der Waals surface area (Å²) in [6.45, 7) is 0. The van der Waals surface area contributed by atoms with Crippen LogP contribution in [0.15, 0.2) is 34.9 Å². The van der Waals surface area contributed by atoms with E-state index in [1.165, 1.54) is 0 Å². The maximum absolute atomic E-state index is 10.2. The summed E-state index contributed by atoms with van der Waals surface area (Å²) >= 11 is 8.80. The Morgan fingerprint density at radius 3 is 2.92 bits per heavy atom. The van der Waals surface area contributed by atoms with Crippen molar-refractivity contribution in [1.82, 2.24) is 0 Å². The van der Waals surface area contributed by atoms with Gasteiger partial charge in [-0.25, -0.2) is 0 Å². The second kappa shape index (κ2) is 5.04. The molecule has 0 aliphatic rings. The molecule has 0 spiro atoms. The molecule has 1 rings (SSSR count). The number of halogens is 2. The van der Waals surface area contributed by atoms with Gasteiger partial charge in [0.15, 0.2) is 6.29 Å². The standard InChI is InChI=1S/C9H7BrClNO/c10-7(6-13)5-12-9-3-1-2-8(11)4-9/h1-6,12H/b7-5+. The zero-order valence-corrected chi connectivity index (χ0v) is 8.97. The van der Waals surface area contributed by atoms with Crippen LogP contribution in [0.3, 0.4) is 0 Å². The summed E-state index contributed by atoms with van der Waals surface area (Å²) in [6, 6.07) is 7.23. The lowest BCUT2D eigenvalue weighted by molar-refractivity contribution is -0.104. The maximum atomic E-state index is 10.2. The molecule has 0 aliphatic heterocycles. The van der Waals surface area contributed by atoms with Gasteiger partial charge in [-0.3, -0.25) is 4.79 Å². The molecule has 0 unspecified atom stereocenters. The normalized spacial score (nSPS) is 11.1. The fraction of sp³-hybridized carbons (Fsp3) is 0. The molecule has 0 fully saturated rings. The average molecular weight is 261 g/mol. The highest BCUT2D eigenvalue weighted by Gasteiger charge is 1.91. The number of aldehydes is 1. The van der Waals surface area contributed by atoms with Gasteiger partial charge in [0.05, 0.1) is 4.48 Å². The molecule has 2 nitrogen and oxygen atoms in total. The van der Waals surface area contributed by atoms with E-state index in [9.17, 15) is 4.79 Å². The van der Waals surface area contributed by atoms with Crippen LogP contribution in [0.1, 0.15) is 0 Å². The molecular weight excluding hydrogens is 253 g/mol. The Labute approximate surface area is 89.7 Å². The molecule has 0 amide bonds. The molecule has 0 aromatic heterocycles. The lowest BCUT2D eigenvalue weighted by Crippen LogP contribution is -1.88. The van der Waals surface area contributed by atoms with Crippen molar-refractivity contribution in [3.63, 3.8) is 0 Å². The highest BCUT2D eigenvalue weighted by molar-refractivity contribution is 9.12. The first kappa shape index (κ1) is 10.3. The van der Waals surface area contributed by atoms with Gasteiger partial charge in [-0.05, 0) is 34.1 Å². The van der Waals surface area contributed by atoms with Crippen LogP contribution in [-0.2, 0) is 4.79 Å². The number of nitrogens with one attached hydrogen (secondary N) is 1. The minimum Gasteiger partial charge on any atom is -0.360 e. The van der Waals surface area contributed by atoms with E-state index < -0.39 is 0 Å².